The summed E-state index contributed by atoms with van der Waals surface area (Å²) >= 11 is 1.40. The molecule has 0 bridgehead atoms. The molecule has 6 nitrogen and oxygen atoms in total. The predicted octanol–water partition coefficient (Wildman–Crippen LogP) is 4.12. The lowest BCUT2D eigenvalue weighted by Gasteiger charge is -2.30. The molecule has 0 fully saturated rings. The smallest absolute Gasteiger partial charge is 0.333 e. The summed E-state index contributed by atoms with van der Waals surface area (Å²) in [7, 11) is 0. The number of ether oxygens (including phenoxy) is 2. The van der Waals surface area contributed by atoms with Gasteiger partial charge in [0, 0.05) is 23.1 Å². The van der Waals surface area contributed by atoms with Crippen molar-refractivity contribution in [2.24, 2.45) is 0 Å². The number of phenols is 1. The first-order valence-corrected chi connectivity index (χ1v) is 9.95. The van der Waals surface area contributed by atoms with E-state index in [1.54, 1.807) is 46.2 Å². The van der Waals surface area contributed by atoms with Crippen LogP contribution < -0.4 is 4.74 Å². The summed E-state index contributed by atoms with van der Waals surface area (Å²) in [6.07, 6.45) is 0.451. The van der Waals surface area contributed by atoms with E-state index in [1.165, 1.54) is 11.3 Å². The maximum atomic E-state index is 12.4. The van der Waals surface area contributed by atoms with E-state index < -0.39 is 23.8 Å². The summed E-state index contributed by atoms with van der Waals surface area (Å²) in [5, 5.41) is 21.4. The van der Waals surface area contributed by atoms with Crippen molar-refractivity contribution < 1.29 is 24.5 Å². The zero-order valence-corrected chi connectivity index (χ0v) is 17.5. The Labute approximate surface area is 168 Å². The van der Waals surface area contributed by atoms with Gasteiger partial charge in [-0.25, -0.2) is 9.78 Å². The number of hydrogen-bond acceptors (Lipinski definition) is 7. The van der Waals surface area contributed by atoms with Crippen molar-refractivity contribution in [3.8, 4) is 11.5 Å². The van der Waals surface area contributed by atoms with Gasteiger partial charge in [0.25, 0.3) is 0 Å². The van der Waals surface area contributed by atoms with Crippen LogP contribution in [-0.2, 0) is 9.53 Å². The Morgan fingerprint density at radius 1 is 1.50 bits per heavy atom. The van der Waals surface area contributed by atoms with Crippen molar-refractivity contribution >= 4 is 33.1 Å². The highest BCUT2D eigenvalue weighted by molar-refractivity contribution is 7.17. The average molecular weight is 404 g/mol. The number of allylic oxidation sites excluding steroid dienone is 1. The molecule has 28 heavy (non-hydrogen) atoms. The molecule has 0 saturated carbocycles. The van der Waals surface area contributed by atoms with Gasteiger partial charge < -0.3 is 19.7 Å². The molecular weight excluding hydrogens is 378 g/mol. The Kier molecular flexibility index (Phi) is 5.25. The fraction of sp³-hybridized carbons (Fsp3) is 0.429. The lowest BCUT2D eigenvalue weighted by molar-refractivity contribution is -0.143. The molecule has 2 N–H and O–H groups in total. The molecule has 3 rings (SSSR count). The Morgan fingerprint density at radius 2 is 2.18 bits per heavy atom. The number of aromatic nitrogens is 1. The second-order valence-corrected chi connectivity index (χ2v) is 8.45. The van der Waals surface area contributed by atoms with Gasteiger partial charge in [0.15, 0.2) is 11.5 Å². The van der Waals surface area contributed by atoms with E-state index in [1.807, 2.05) is 0 Å². The zero-order chi connectivity index (χ0) is 20.8. The highest BCUT2D eigenvalue weighted by atomic mass is 32.1. The lowest BCUT2D eigenvalue weighted by atomic mass is 9.92. The summed E-state index contributed by atoms with van der Waals surface area (Å²) in [6, 6.07) is 0. The second-order valence-electron chi connectivity index (χ2n) is 7.59. The van der Waals surface area contributed by atoms with Crippen LogP contribution in [0.3, 0.4) is 0 Å². The monoisotopic (exact) mass is 403 g/mol. The van der Waals surface area contributed by atoms with E-state index in [-0.39, 0.29) is 17.9 Å². The van der Waals surface area contributed by atoms with Crippen LogP contribution in [0.5, 0.6) is 11.5 Å². The number of aromatic hydroxyl groups is 1. The summed E-state index contributed by atoms with van der Waals surface area (Å²) < 4.78 is 12.6. The number of aliphatic hydroxyl groups is 1. The molecule has 1 aliphatic heterocycles. The highest BCUT2D eigenvalue weighted by Gasteiger charge is 2.40. The first-order chi connectivity index (χ1) is 13.1. The molecule has 0 radical (unpaired) electrons. The number of phenolic OH excluding ortho intramolecular Hbond substituents is 1. The molecule has 2 atom stereocenters. The summed E-state index contributed by atoms with van der Waals surface area (Å²) in [6.45, 7) is 12.6. The van der Waals surface area contributed by atoms with Crippen molar-refractivity contribution in [1.29, 1.82) is 0 Å². The zero-order valence-electron chi connectivity index (χ0n) is 16.7. The van der Waals surface area contributed by atoms with Crippen molar-refractivity contribution in [1.82, 2.24) is 4.98 Å². The molecule has 2 heterocycles. The normalized spacial score (nSPS) is 20.5. The van der Waals surface area contributed by atoms with Gasteiger partial charge >= 0.3 is 5.97 Å². The Balaban J connectivity index is 2.20. The SMILES string of the molecule is C=C1c2c(c(O)c(C)c3ncsc23)O[C@H](C(C)(C)O)C[C@H]1OC(=O)/C(C)=C\C. The number of esters is 1. The molecule has 150 valence electrons. The van der Waals surface area contributed by atoms with Crippen LogP contribution in [0.25, 0.3) is 15.8 Å². The number of nitrogens with zero attached hydrogens (tertiary/aromatic N) is 1. The quantitative estimate of drug-likeness (QED) is 0.592. The topological polar surface area (TPSA) is 88.9 Å². The molecule has 2 aromatic rings. The summed E-state index contributed by atoms with van der Waals surface area (Å²) in [5.41, 5.74) is 3.28. The Morgan fingerprint density at radius 3 is 2.79 bits per heavy atom. The van der Waals surface area contributed by atoms with Crippen LogP contribution >= 0.6 is 11.3 Å². The maximum Gasteiger partial charge on any atom is 0.333 e. The molecule has 1 aromatic heterocycles. The van der Waals surface area contributed by atoms with Crippen LogP contribution in [0.1, 0.15) is 45.2 Å². The van der Waals surface area contributed by atoms with Gasteiger partial charge in [0.2, 0.25) is 0 Å². The number of fused-ring (bicyclic) bond motifs is 3. The van der Waals surface area contributed by atoms with Crippen molar-refractivity contribution in [3.63, 3.8) is 0 Å². The summed E-state index contributed by atoms with van der Waals surface area (Å²) in [5.74, 6) is -0.253. The molecule has 0 amide bonds. The number of hydrogen-bond donors (Lipinski definition) is 2. The molecule has 0 aliphatic carbocycles. The Hall–Kier alpha value is -2.38. The minimum absolute atomic E-state index is 0.0413. The standard InChI is InChI=1S/C21H25NO5S/c1-7-10(2)20(24)26-13-8-14(21(5,6)25)27-18-15(11(13)3)19-16(22-9-28-19)12(4)17(18)23/h7,9,13-14,23,25H,3,8H2,1-2,4-6H3/b10-7-/t13-,14+/m1/s1. The maximum absolute atomic E-state index is 12.4. The van der Waals surface area contributed by atoms with Crippen LogP contribution in [0, 0.1) is 6.92 Å². The van der Waals surface area contributed by atoms with Gasteiger partial charge in [-0.2, -0.15) is 0 Å². The molecule has 7 heteroatoms. The van der Waals surface area contributed by atoms with Gasteiger partial charge in [-0.1, -0.05) is 12.7 Å². The van der Waals surface area contributed by atoms with E-state index >= 15 is 0 Å². The van der Waals surface area contributed by atoms with E-state index in [0.29, 0.717) is 27.8 Å². The molecule has 1 aliphatic rings. The number of benzene rings is 1. The van der Waals surface area contributed by atoms with Crippen LogP contribution in [0.4, 0.5) is 0 Å². The molecule has 0 unspecified atom stereocenters. The third-order valence-corrected chi connectivity index (χ3v) is 5.98. The van der Waals surface area contributed by atoms with Gasteiger partial charge in [0.05, 0.1) is 21.3 Å². The number of rotatable bonds is 3. The largest absolute Gasteiger partial charge is 0.504 e. The molecule has 1 aromatic carbocycles. The number of carbonyl (C=O) groups excluding carboxylic acids is 1. The molecule has 0 spiro atoms. The summed E-state index contributed by atoms with van der Waals surface area (Å²) in [4.78, 5) is 16.8. The third kappa shape index (κ3) is 3.40. The second kappa shape index (κ2) is 7.22. The number of thiazole rings is 1. The fourth-order valence-electron chi connectivity index (χ4n) is 3.18. The van der Waals surface area contributed by atoms with Crippen LogP contribution in [0.2, 0.25) is 0 Å². The van der Waals surface area contributed by atoms with Crippen molar-refractivity contribution in [3.05, 3.63) is 34.9 Å². The van der Waals surface area contributed by atoms with E-state index in [9.17, 15) is 15.0 Å². The van der Waals surface area contributed by atoms with Crippen LogP contribution in [0.15, 0.2) is 23.7 Å². The fourth-order valence-corrected chi connectivity index (χ4v) is 4.10. The van der Waals surface area contributed by atoms with Crippen molar-refractivity contribution in [2.45, 2.75) is 58.8 Å². The van der Waals surface area contributed by atoms with Crippen molar-refractivity contribution in [2.75, 3.05) is 0 Å². The lowest BCUT2D eigenvalue weighted by Crippen LogP contribution is -2.42. The highest BCUT2D eigenvalue weighted by Crippen LogP contribution is 2.49. The van der Waals surface area contributed by atoms with E-state index in [4.69, 9.17) is 9.47 Å². The first kappa shape index (κ1) is 20.4. The van der Waals surface area contributed by atoms with Gasteiger partial charge in [-0.05, 0) is 40.2 Å². The molecular formula is C21H25NO5S. The minimum Gasteiger partial charge on any atom is -0.504 e. The van der Waals surface area contributed by atoms with Crippen LogP contribution in [-0.4, -0.2) is 39.0 Å². The Bertz CT molecular complexity index is 983. The van der Waals surface area contributed by atoms with E-state index in [0.717, 1.165) is 4.70 Å². The van der Waals surface area contributed by atoms with E-state index in [2.05, 4.69) is 11.6 Å². The molecule has 0 saturated heterocycles. The van der Waals surface area contributed by atoms with Gasteiger partial charge in [0.1, 0.15) is 12.2 Å². The number of carbonyl (C=O) groups is 1. The van der Waals surface area contributed by atoms with Gasteiger partial charge in [-0.3, -0.25) is 0 Å². The third-order valence-electron chi connectivity index (χ3n) is 5.14. The minimum atomic E-state index is -1.23. The van der Waals surface area contributed by atoms with Gasteiger partial charge in [-0.15, -0.1) is 11.3 Å². The number of aryl methyl sites for hydroxylation is 1. The average Bonchev–Trinajstić information content (AvgIpc) is 3.06. The first-order valence-electron chi connectivity index (χ1n) is 9.07. The predicted molar refractivity (Wildman–Crippen MR) is 110 cm³/mol.